The molecule has 0 amide bonds. The van der Waals surface area contributed by atoms with Crippen LogP contribution in [0.4, 0.5) is 0 Å². The molecule has 0 aliphatic carbocycles. The van der Waals surface area contributed by atoms with Crippen LogP contribution in [0.5, 0.6) is 0 Å². The molecule has 0 radical (unpaired) electrons. The summed E-state index contributed by atoms with van der Waals surface area (Å²) >= 11 is 0. The number of aromatic nitrogens is 2. The number of aromatic amines is 1. The number of hydrogen-bond acceptors (Lipinski definition) is 2. The summed E-state index contributed by atoms with van der Waals surface area (Å²) in [6.07, 6.45) is 8.19. The smallest absolute Gasteiger partial charge is 0.251 e. The Morgan fingerprint density at radius 3 is 2.88 bits per heavy atom. The number of hydrogen-bond donors (Lipinski definition) is 2. The maximum absolute atomic E-state index is 9.79. The van der Waals surface area contributed by atoms with Crippen LogP contribution in [-0.4, -0.2) is 29.4 Å². The molecule has 0 fully saturated rings. The molecule has 0 aliphatic rings. The molecule has 1 heterocycles. The molecule has 1 atom stereocenters. The molecule has 4 heteroatoms. The van der Waals surface area contributed by atoms with Gasteiger partial charge in [-0.3, -0.25) is 0 Å². The summed E-state index contributed by atoms with van der Waals surface area (Å²) < 4.78 is 7.45. The van der Waals surface area contributed by atoms with Gasteiger partial charge >= 0.3 is 0 Å². The van der Waals surface area contributed by atoms with E-state index in [0.29, 0.717) is 13.2 Å². The number of nitrogens with zero attached hydrogens (tertiary/aromatic N) is 1. The first-order valence-electron chi connectivity index (χ1n) is 6.53. The monoisotopic (exact) mass is 241 g/mol. The summed E-state index contributed by atoms with van der Waals surface area (Å²) in [7, 11) is 0. The van der Waals surface area contributed by atoms with Crippen molar-refractivity contribution in [3.63, 3.8) is 0 Å². The lowest BCUT2D eigenvalue weighted by molar-refractivity contribution is -0.708. The largest absolute Gasteiger partial charge is 0.387 e. The second-order valence-electron chi connectivity index (χ2n) is 4.49. The molecule has 0 aliphatic heterocycles. The summed E-state index contributed by atoms with van der Waals surface area (Å²) in [6, 6.07) is 0. The van der Waals surface area contributed by atoms with E-state index >= 15 is 0 Å². The number of imidazole rings is 1. The van der Waals surface area contributed by atoms with Gasteiger partial charge in [-0.2, -0.15) is 0 Å². The lowest BCUT2D eigenvalue weighted by Crippen LogP contribution is -2.42. The Balaban J connectivity index is 2.05. The molecule has 17 heavy (non-hydrogen) atoms. The van der Waals surface area contributed by atoms with Gasteiger partial charge in [-0.05, 0) is 6.42 Å². The Bertz CT molecular complexity index is 299. The van der Waals surface area contributed by atoms with Gasteiger partial charge in [0.1, 0.15) is 25.0 Å². The van der Waals surface area contributed by atoms with Gasteiger partial charge in [0.25, 0.3) is 5.82 Å². The molecule has 0 saturated carbocycles. The van der Waals surface area contributed by atoms with Crippen molar-refractivity contribution in [1.82, 2.24) is 4.98 Å². The normalized spacial score (nSPS) is 12.9. The van der Waals surface area contributed by atoms with Gasteiger partial charge in [-0.15, -0.1) is 0 Å². The molecule has 4 nitrogen and oxygen atoms in total. The van der Waals surface area contributed by atoms with Crippen LogP contribution < -0.4 is 4.57 Å². The third-order valence-electron chi connectivity index (χ3n) is 2.84. The number of H-pyrrole nitrogens is 1. The van der Waals surface area contributed by atoms with Gasteiger partial charge in [0.15, 0.2) is 0 Å². The molecule has 0 bridgehead atoms. The zero-order chi connectivity index (χ0) is 12.5. The molecule has 98 valence electrons. The number of rotatable bonds is 9. The van der Waals surface area contributed by atoms with Crippen molar-refractivity contribution >= 4 is 0 Å². The number of aryl methyl sites for hydroxylation is 1. The second kappa shape index (κ2) is 8.25. The van der Waals surface area contributed by atoms with E-state index in [-0.39, 0.29) is 0 Å². The minimum absolute atomic E-state index is 0.420. The molecular formula is C13H25N2O2+. The molecule has 0 saturated heterocycles. The Morgan fingerprint density at radius 2 is 2.24 bits per heavy atom. The van der Waals surface area contributed by atoms with E-state index in [2.05, 4.69) is 11.9 Å². The molecule has 1 aromatic heterocycles. The molecule has 2 N–H and O–H groups in total. The third-order valence-corrected chi connectivity index (χ3v) is 2.84. The van der Waals surface area contributed by atoms with Crippen LogP contribution in [0.3, 0.4) is 0 Å². The number of ether oxygens (including phenoxy) is 1. The van der Waals surface area contributed by atoms with Crippen molar-refractivity contribution < 1.29 is 14.4 Å². The van der Waals surface area contributed by atoms with E-state index in [4.69, 9.17) is 4.74 Å². The minimum Gasteiger partial charge on any atom is -0.387 e. The van der Waals surface area contributed by atoms with Crippen molar-refractivity contribution in [2.75, 3.05) is 13.2 Å². The number of aliphatic hydroxyl groups excluding tert-OH is 1. The quantitative estimate of drug-likeness (QED) is 0.509. The van der Waals surface area contributed by atoms with Crippen LogP contribution in [0.1, 0.15) is 38.4 Å². The van der Waals surface area contributed by atoms with Crippen LogP contribution in [0.2, 0.25) is 0 Å². The first-order valence-corrected chi connectivity index (χ1v) is 6.53. The van der Waals surface area contributed by atoms with E-state index in [0.717, 1.165) is 18.9 Å². The van der Waals surface area contributed by atoms with Gasteiger partial charge in [-0.25, -0.2) is 9.55 Å². The molecule has 0 spiro atoms. The zero-order valence-electron chi connectivity index (χ0n) is 11.0. The van der Waals surface area contributed by atoms with Crippen molar-refractivity contribution in [3.05, 3.63) is 18.2 Å². The van der Waals surface area contributed by atoms with Crippen molar-refractivity contribution in [1.29, 1.82) is 0 Å². The standard InChI is InChI=1S/C13H24N2O2/c1-3-4-5-6-9-17-11-13(16)10-15-8-7-14-12(15)2/h7-8,13,16H,3-6,9-11H2,1-2H3/p+1. The Hall–Kier alpha value is -0.870. The van der Waals surface area contributed by atoms with Crippen LogP contribution >= 0.6 is 0 Å². The summed E-state index contributed by atoms with van der Waals surface area (Å²) in [5.41, 5.74) is 0. The van der Waals surface area contributed by atoms with Gasteiger partial charge in [-0.1, -0.05) is 26.2 Å². The lowest BCUT2D eigenvalue weighted by Gasteiger charge is -2.09. The summed E-state index contributed by atoms with van der Waals surface area (Å²) in [4.78, 5) is 3.08. The molecular weight excluding hydrogens is 216 g/mol. The Kier molecular flexibility index (Phi) is 6.89. The number of aliphatic hydroxyl groups is 1. The highest BCUT2D eigenvalue weighted by atomic mass is 16.5. The van der Waals surface area contributed by atoms with Crippen molar-refractivity contribution in [3.8, 4) is 0 Å². The lowest BCUT2D eigenvalue weighted by atomic mass is 10.2. The fourth-order valence-corrected chi connectivity index (χ4v) is 1.77. The fraction of sp³-hybridized carbons (Fsp3) is 0.769. The van der Waals surface area contributed by atoms with Crippen LogP contribution in [0.15, 0.2) is 12.4 Å². The summed E-state index contributed by atoms with van der Waals surface area (Å²) in [5.74, 6) is 1.05. The predicted molar refractivity (Wildman–Crippen MR) is 66.7 cm³/mol. The van der Waals surface area contributed by atoms with Gasteiger partial charge in [0.2, 0.25) is 0 Å². The van der Waals surface area contributed by atoms with Gasteiger partial charge < -0.3 is 9.84 Å². The highest BCUT2D eigenvalue weighted by Gasteiger charge is 2.11. The van der Waals surface area contributed by atoms with E-state index in [1.165, 1.54) is 19.3 Å². The van der Waals surface area contributed by atoms with Crippen molar-refractivity contribution in [2.24, 2.45) is 0 Å². The first kappa shape index (κ1) is 14.2. The van der Waals surface area contributed by atoms with Crippen molar-refractivity contribution in [2.45, 2.75) is 52.2 Å². The maximum Gasteiger partial charge on any atom is 0.251 e. The highest BCUT2D eigenvalue weighted by molar-refractivity contribution is 4.71. The average molecular weight is 241 g/mol. The molecule has 1 unspecified atom stereocenters. The number of unbranched alkanes of at least 4 members (excludes halogenated alkanes) is 3. The van der Waals surface area contributed by atoms with E-state index in [1.54, 1.807) is 0 Å². The van der Waals surface area contributed by atoms with Crippen LogP contribution in [0, 0.1) is 6.92 Å². The van der Waals surface area contributed by atoms with Crippen LogP contribution in [0.25, 0.3) is 0 Å². The summed E-state index contributed by atoms with van der Waals surface area (Å²) in [5, 5.41) is 9.79. The molecule has 1 aromatic rings. The topological polar surface area (TPSA) is 49.1 Å². The molecule has 1 rings (SSSR count). The SMILES string of the molecule is CCCCCCOCC(O)C[n+]1cc[nH]c1C. The third kappa shape index (κ3) is 5.84. The number of nitrogens with one attached hydrogen (secondary N) is 1. The molecule has 0 aromatic carbocycles. The van der Waals surface area contributed by atoms with Crippen LogP contribution in [-0.2, 0) is 11.3 Å². The predicted octanol–water partition coefficient (Wildman–Crippen LogP) is 1.57. The fourth-order valence-electron chi connectivity index (χ4n) is 1.77. The van der Waals surface area contributed by atoms with Gasteiger partial charge in [0, 0.05) is 13.5 Å². The average Bonchev–Trinajstić information content (AvgIpc) is 2.69. The maximum atomic E-state index is 9.79. The van der Waals surface area contributed by atoms with Gasteiger partial charge in [0.05, 0.1) is 6.61 Å². The van der Waals surface area contributed by atoms with E-state index in [1.807, 2.05) is 23.9 Å². The Labute approximate surface area is 104 Å². The second-order valence-corrected chi connectivity index (χ2v) is 4.49. The Morgan fingerprint density at radius 1 is 1.41 bits per heavy atom. The zero-order valence-corrected chi connectivity index (χ0v) is 11.0. The van der Waals surface area contributed by atoms with E-state index in [9.17, 15) is 5.11 Å². The minimum atomic E-state index is -0.430. The summed E-state index contributed by atoms with van der Waals surface area (Å²) in [6.45, 7) is 5.95. The first-order chi connectivity index (χ1) is 8.24. The van der Waals surface area contributed by atoms with E-state index < -0.39 is 6.10 Å². The highest BCUT2D eigenvalue weighted by Crippen LogP contribution is 1.99.